The van der Waals surface area contributed by atoms with E-state index in [2.05, 4.69) is 0 Å². The molecule has 15 heavy (non-hydrogen) atoms. The molecule has 0 saturated carbocycles. The largest absolute Gasteiger partial charge is 0.493 e. The molecular weight excluding hydrogens is 197 g/mol. The van der Waals surface area contributed by atoms with Crippen LogP contribution < -0.4 is 10.5 Å². The zero-order valence-corrected chi connectivity index (χ0v) is 9.00. The Morgan fingerprint density at radius 1 is 1.53 bits per heavy atom. The van der Waals surface area contributed by atoms with Gasteiger partial charge in [0.05, 0.1) is 18.7 Å². The quantitative estimate of drug-likeness (QED) is 0.774. The molecule has 0 aromatic heterocycles. The van der Waals surface area contributed by atoms with Gasteiger partial charge in [-0.15, -0.1) is 0 Å². The van der Waals surface area contributed by atoms with Crippen LogP contribution in [0.1, 0.15) is 22.8 Å². The maximum atomic E-state index is 13.4. The SMILES string of the molecule is COc1c(F)cc(C)cc1C(=O)C(C)N. The molecule has 0 spiro atoms. The lowest BCUT2D eigenvalue weighted by Gasteiger charge is -2.11. The number of methoxy groups -OCH3 is 1. The van der Waals surface area contributed by atoms with Crippen molar-refractivity contribution in [2.24, 2.45) is 5.73 Å². The maximum Gasteiger partial charge on any atom is 0.183 e. The second-order valence-electron chi connectivity index (χ2n) is 3.48. The van der Waals surface area contributed by atoms with Crippen LogP contribution in [0.15, 0.2) is 12.1 Å². The van der Waals surface area contributed by atoms with Crippen molar-refractivity contribution in [3.8, 4) is 5.75 Å². The van der Waals surface area contributed by atoms with Crippen molar-refractivity contribution in [2.45, 2.75) is 19.9 Å². The summed E-state index contributed by atoms with van der Waals surface area (Å²) in [7, 11) is 1.33. The van der Waals surface area contributed by atoms with Crippen LogP contribution in [0.5, 0.6) is 5.75 Å². The average Bonchev–Trinajstić information content (AvgIpc) is 2.15. The molecular formula is C11H14FNO2. The van der Waals surface area contributed by atoms with Crippen LogP contribution in [0.3, 0.4) is 0 Å². The molecule has 82 valence electrons. The van der Waals surface area contributed by atoms with E-state index in [0.717, 1.165) is 0 Å². The van der Waals surface area contributed by atoms with Crippen molar-refractivity contribution >= 4 is 5.78 Å². The summed E-state index contributed by atoms with van der Waals surface area (Å²) in [6.07, 6.45) is 0. The summed E-state index contributed by atoms with van der Waals surface area (Å²) in [5.41, 5.74) is 6.33. The highest BCUT2D eigenvalue weighted by molar-refractivity contribution is 6.02. The number of ketones is 1. The van der Waals surface area contributed by atoms with Crippen molar-refractivity contribution < 1.29 is 13.9 Å². The third-order valence-corrected chi connectivity index (χ3v) is 2.07. The van der Waals surface area contributed by atoms with Crippen molar-refractivity contribution in [3.63, 3.8) is 0 Å². The lowest BCUT2D eigenvalue weighted by Crippen LogP contribution is -2.27. The monoisotopic (exact) mass is 211 g/mol. The molecule has 0 aliphatic carbocycles. The number of nitrogens with two attached hydrogens (primary N) is 1. The zero-order valence-electron chi connectivity index (χ0n) is 9.00. The van der Waals surface area contributed by atoms with Crippen LogP contribution in [0.4, 0.5) is 4.39 Å². The molecule has 4 heteroatoms. The molecule has 0 radical (unpaired) electrons. The number of carbonyl (C=O) groups excluding carboxylic acids is 1. The third kappa shape index (κ3) is 2.33. The molecule has 0 bridgehead atoms. The number of carbonyl (C=O) groups is 1. The molecule has 0 aliphatic rings. The van der Waals surface area contributed by atoms with E-state index in [9.17, 15) is 9.18 Å². The molecule has 1 aromatic carbocycles. The fraction of sp³-hybridized carbons (Fsp3) is 0.364. The van der Waals surface area contributed by atoms with Gasteiger partial charge in [0.25, 0.3) is 0 Å². The lowest BCUT2D eigenvalue weighted by atomic mass is 10.0. The first-order valence-corrected chi connectivity index (χ1v) is 4.61. The Morgan fingerprint density at radius 3 is 2.60 bits per heavy atom. The maximum absolute atomic E-state index is 13.4. The zero-order chi connectivity index (χ0) is 11.6. The Labute approximate surface area is 88.0 Å². The van der Waals surface area contributed by atoms with Gasteiger partial charge in [0.1, 0.15) is 0 Å². The first-order chi connectivity index (χ1) is 6.97. The molecule has 0 saturated heterocycles. The number of benzene rings is 1. The molecule has 0 amide bonds. The van der Waals surface area contributed by atoms with Crippen LogP contribution in [-0.4, -0.2) is 18.9 Å². The van der Waals surface area contributed by atoms with Gasteiger partial charge in [0.15, 0.2) is 17.3 Å². The average molecular weight is 211 g/mol. The number of hydrogen-bond donors (Lipinski definition) is 1. The standard InChI is InChI=1S/C11H14FNO2/c1-6-4-8(10(14)7(2)13)11(15-3)9(12)5-6/h4-5,7H,13H2,1-3H3. The molecule has 2 N–H and O–H groups in total. The Balaban J connectivity index is 3.32. The van der Waals surface area contributed by atoms with Gasteiger partial charge in [-0.3, -0.25) is 4.79 Å². The molecule has 1 aromatic rings. The number of Topliss-reactive ketones (excluding diaryl/α,β-unsaturated/α-hetero) is 1. The van der Waals surface area contributed by atoms with Crippen molar-refractivity contribution in [1.82, 2.24) is 0 Å². The van der Waals surface area contributed by atoms with E-state index in [1.807, 2.05) is 0 Å². The van der Waals surface area contributed by atoms with E-state index in [-0.39, 0.29) is 17.1 Å². The number of rotatable bonds is 3. The van der Waals surface area contributed by atoms with Gasteiger partial charge in [0, 0.05) is 0 Å². The van der Waals surface area contributed by atoms with Gasteiger partial charge in [-0.05, 0) is 31.5 Å². The number of ether oxygens (including phenoxy) is 1. The van der Waals surface area contributed by atoms with E-state index in [1.54, 1.807) is 19.9 Å². The second kappa shape index (κ2) is 4.40. The van der Waals surface area contributed by atoms with Crippen LogP contribution in [-0.2, 0) is 0 Å². The molecule has 0 aliphatic heterocycles. The molecule has 0 heterocycles. The second-order valence-corrected chi connectivity index (χ2v) is 3.48. The van der Waals surface area contributed by atoms with Gasteiger partial charge in [-0.2, -0.15) is 0 Å². The normalized spacial score (nSPS) is 12.3. The Kier molecular flexibility index (Phi) is 3.42. The van der Waals surface area contributed by atoms with Crippen molar-refractivity contribution in [2.75, 3.05) is 7.11 Å². The highest BCUT2D eigenvalue weighted by Crippen LogP contribution is 2.25. The minimum absolute atomic E-state index is 0.0390. The minimum atomic E-state index is -0.667. The summed E-state index contributed by atoms with van der Waals surface area (Å²) >= 11 is 0. The summed E-state index contributed by atoms with van der Waals surface area (Å²) < 4.78 is 18.3. The third-order valence-electron chi connectivity index (χ3n) is 2.07. The first-order valence-electron chi connectivity index (χ1n) is 4.61. The fourth-order valence-corrected chi connectivity index (χ4v) is 1.36. The van der Waals surface area contributed by atoms with Crippen LogP contribution >= 0.6 is 0 Å². The number of aryl methyl sites for hydroxylation is 1. The van der Waals surface area contributed by atoms with Gasteiger partial charge in [0.2, 0.25) is 0 Å². The fourth-order valence-electron chi connectivity index (χ4n) is 1.36. The molecule has 0 fully saturated rings. The Hall–Kier alpha value is -1.42. The van der Waals surface area contributed by atoms with E-state index in [0.29, 0.717) is 5.56 Å². The Morgan fingerprint density at radius 2 is 2.13 bits per heavy atom. The van der Waals surface area contributed by atoms with Crippen LogP contribution in [0.2, 0.25) is 0 Å². The van der Waals surface area contributed by atoms with Gasteiger partial charge >= 0.3 is 0 Å². The predicted octanol–water partition coefficient (Wildman–Crippen LogP) is 1.67. The van der Waals surface area contributed by atoms with E-state index in [1.165, 1.54) is 13.2 Å². The highest BCUT2D eigenvalue weighted by Gasteiger charge is 2.19. The van der Waals surface area contributed by atoms with Crippen LogP contribution in [0.25, 0.3) is 0 Å². The van der Waals surface area contributed by atoms with E-state index >= 15 is 0 Å². The summed E-state index contributed by atoms with van der Waals surface area (Å²) in [5, 5.41) is 0. The molecule has 1 atom stereocenters. The van der Waals surface area contributed by atoms with E-state index in [4.69, 9.17) is 10.5 Å². The topological polar surface area (TPSA) is 52.3 Å². The highest BCUT2D eigenvalue weighted by atomic mass is 19.1. The molecule has 3 nitrogen and oxygen atoms in total. The Bertz CT molecular complexity index is 388. The predicted molar refractivity (Wildman–Crippen MR) is 55.7 cm³/mol. The molecule has 1 rings (SSSR count). The first kappa shape index (κ1) is 11.7. The summed E-state index contributed by atoms with van der Waals surface area (Å²) in [6, 6.07) is 2.23. The summed E-state index contributed by atoms with van der Waals surface area (Å²) in [4.78, 5) is 11.7. The summed E-state index contributed by atoms with van der Waals surface area (Å²) in [6.45, 7) is 3.27. The minimum Gasteiger partial charge on any atom is -0.493 e. The van der Waals surface area contributed by atoms with E-state index < -0.39 is 11.9 Å². The van der Waals surface area contributed by atoms with Crippen molar-refractivity contribution in [1.29, 1.82) is 0 Å². The smallest absolute Gasteiger partial charge is 0.183 e. The van der Waals surface area contributed by atoms with Gasteiger partial charge in [-0.25, -0.2) is 4.39 Å². The molecule has 1 unspecified atom stereocenters. The van der Waals surface area contributed by atoms with Crippen LogP contribution in [0, 0.1) is 12.7 Å². The summed E-state index contributed by atoms with van der Waals surface area (Å²) in [5.74, 6) is -0.904. The van der Waals surface area contributed by atoms with Gasteiger partial charge < -0.3 is 10.5 Å². The number of hydrogen-bond acceptors (Lipinski definition) is 3. The lowest BCUT2D eigenvalue weighted by molar-refractivity contribution is 0.0964. The number of halogens is 1. The van der Waals surface area contributed by atoms with Gasteiger partial charge in [-0.1, -0.05) is 0 Å². The van der Waals surface area contributed by atoms with Crippen molar-refractivity contribution in [3.05, 3.63) is 29.1 Å².